The summed E-state index contributed by atoms with van der Waals surface area (Å²) in [6, 6.07) is 35.7. The molecular formula is C25H22N2S2. The molecule has 4 heteroatoms. The Morgan fingerprint density at radius 3 is 1.66 bits per heavy atom. The van der Waals surface area contributed by atoms with Crippen molar-refractivity contribution in [3.8, 4) is 0 Å². The second-order valence-electron chi connectivity index (χ2n) is 6.58. The third-order valence-corrected chi connectivity index (χ3v) is 6.53. The van der Waals surface area contributed by atoms with Gasteiger partial charge in [0.15, 0.2) is 0 Å². The summed E-state index contributed by atoms with van der Waals surface area (Å²) >= 11 is 3.55. The second kappa shape index (κ2) is 9.59. The minimum Gasteiger partial charge on any atom is -0.301 e. The van der Waals surface area contributed by atoms with Gasteiger partial charge in [0.1, 0.15) is 0 Å². The Morgan fingerprint density at radius 2 is 1.03 bits per heavy atom. The number of anilines is 2. The molecule has 0 atom stereocenters. The lowest BCUT2D eigenvalue weighted by atomic mass is 10.2. The van der Waals surface area contributed by atoms with Gasteiger partial charge in [0.2, 0.25) is 0 Å². The lowest BCUT2D eigenvalue weighted by molar-refractivity contribution is 1.27. The van der Waals surface area contributed by atoms with E-state index in [1.807, 2.05) is 12.1 Å². The molecule has 0 radical (unpaired) electrons. The van der Waals surface area contributed by atoms with Gasteiger partial charge in [0.25, 0.3) is 0 Å². The Morgan fingerprint density at radius 1 is 0.517 bits per heavy atom. The Labute approximate surface area is 180 Å². The monoisotopic (exact) mass is 414 g/mol. The molecule has 0 unspecified atom stereocenters. The fraction of sp³-hybridized carbons (Fsp3) is 0.0400. The van der Waals surface area contributed by atoms with Crippen LogP contribution in [0.4, 0.5) is 11.4 Å². The molecule has 0 aromatic heterocycles. The molecule has 0 spiro atoms. The summed E-state index contributed by atoms with van der Waals surface area (Å²) in [5, 5.41) is 0. The molecule has 0 amide bonds. The van der Waals surface area contributed by atoms with E-state index in [0.717, 1.165) is 11.4 Å². The minimum atomic E-state index is 1.03. The zero-order valence-electron chi connectivity index (χ0n) is 16.1. The van der Waals surface area contributed by atoms with Crippen LogP contribution < -0.4 is 10.9 Å². The van der Waals surface area contributed by atoms with Gasteiger partial charge >= 0.3 is 0 Å². The van der Waals surface area contributed by atoms with Crippen LogP contribution in [-0.4, -0.2) is 0 Å². The van der Waals surface area contributed by atoms with E-state index in [-0.39, 0.29) is 0 Å². The average molecular weight is 415 g/mol. The van der Waals surface area contributed by atoms with Gasteiger partial charge < -0.3 is 10.9 Å². The van der Waals surface area contributed by atoms with Crippen LogP contribution in [0.5, 0.6) is 0 Å². The summed E-state index contributed by atoms with van der Waals surface area (Å²) in [6.45, 7) is 2.14. The van der Waals surface area contributed by atoms with Crippen LogP contribution in [0, 0.1) is 6.92 Å². The molecule has 0 bridgehead atoms. The molecule has 2 nitrogen and oxygen atoms in total. The fourth-order valence-electron chi connectivity index (χ4n) is 2.83. The van der Waals surface area contributed by atoms with Crippen molar-refractivity contribution < 1.29 is 0 Å². The highest BCUT2D eigenvalue weighted by atomic mass is 32.2. The third-order valence-electron chi connectivity index (χ3n) is 4.33. The van der Waals surface area contributed by atoms with E-state index in [1.54, 1.807) is 23.5 Å². The molecule has 4 aromatic rings. The van der Waals surface area contributed by atoms with Gasteiger partial charge in [0, 0.05) is 19.6 Å². The molecule has 0 aliphatic heterocycles. The van der Waals surface area contributed by atoms with Crippen LogP contribution in [0.15, 0.2) is 123 Å². The van der Waals surface area contributed by atoms with Crippen molar-refractivity contribution in [1.29, 1.82) is 0 Å². The average Bonchev–Trinajstić information content (AvgIpc) is 2.76. The molecule has 0 aliphatic carbocycles. The summed E-state index contributed by atoms with van der Waals surface area (Å²) in [6.07, 6.45) is 0. The number of hydrogen-bond acceptors (Lipinski definition) is 4. The summed E-state index contributed by atoms with van der Waals surface area (Å²) in [4.78, 5) is 4.99. The number of hydrazine groups is 1. The Balaban J connectivity index is 1.34. The normalized spacial score (nSPS) is 10.5. The van der Waals surface area contributed by atoms with E-state index in [9.17, 15) is 0 Å². The maximum atomic E-state index is 3.30. The molecule has 4 aromatic carbocycles. The summed E-state index contributed by atoms with van der Waals surface area (Å²) in [7, 11) is 0. The number of rotatable bonds is 7. The maximum Gasteiger partial charge on any atom is 0.0543 e. The molecule has 2 N–H and O–H groups in total. The van der Waals surface area contributed by atoms with Gasteiger partial charge in [-0.15, -0.1) is 0 Å². The second-order valence-corrected chi connectivity index (χ2v) is 8.85. The van der Waals surface area contributed by atoms with Gasteiger partial charge in [-0.25, -0.2) is 0 Å². The van der Waals surface area contributed by atoms with E-state index >= 15 is 0 Å². The number of benzene rings is 4. The van der Waals surface area contributed by atoms with Gasteiger partial charge in [-0.05, 0) is 79.2 Å². The molecule has 29 heavy (non-hydrogen) atoms. The first-order chi connectivity index (χ1) is 14.3. The van der Waals surface area contributed by atoms with Crippen LogP contribution in [-0.2, 0) is 0 Å². The number of aryl methyl sites for hydroxylation is 1. The predicted molar refractivity (Wildman–Crippen MR) is 126 cm³/mol. The quantitative estimate of drug-likeness (QED) is 0.302. The Hall–Kier alpha value is -2.82. The summed E-state index contributed by atoms with van der Waals surface area (Å²) in [5.74, 6) is 0. The molecular weight excluding hydrogens is 392 g/mol. The van der Waals surface area contributed by atoms with Gasteiger partial charge in [-0.3, -0.25) is 0 Å². The van der Waals surface area contributed by atoms with E-state index in [0.29, 0.717) is 0 Å². The van der Waals surface area contributed by atoms with Crippen molar-refractivity contribution in [2.45, 2.75) is 26.5 Å². The first kappa shape index (κ1) is 19.5. The van der Waals surface area contributed by atoms with Crippen molar-refractivity contribution in [2.24, 2.45) is 0 Å². The first-order valence-corrected chi connectivity index (χ1v) is 11.1. The zero-order chi connectivity index (χ0) is 19.9. The largest absolute Gasteiger partial charge is 0.301 e. The Bertz CT molecular complexity index is 1050. The molecule has 0 saturated carbocycles. The SMILES string of the molecule is Cc1cc(NNc2ccc(Sc3ccccc3)cc2)ccc1Sc1ccccc1. The highest BCUT2D eigenvalue weighted by molar-refractivity contribution is 7.99. The van der Waals surface area contributed by atoms with Crippen molar-refractivity contribution in [1.82, 2.24) is 0 Å². The van der Waals surface area contributed by atoms with Gasteiger partial charge in [0.05, 0.1) is 11.4 Å². The van der Waals surface area contributed by atoms with Crippen molar-refractivity contribution in [3.63, 3.8) is 0 Å². The first-order valence-electron chi connectivity index (χ1n) is 9.45. The molecule has 144 valence electrons. The van der Waals surface area contributed by atoms with Gasteiger partial charge in [-0.1, -0.05) is 59.9 Å². The molecule has 0 fully saturated rings. The van der Waals surface area contributed by atoms with Crippen LogP contribution in [0.1, 0.15) is 5.56 Å². The van der Waals surface area contributed by atoms with E-state index in [4.69, 9.17) is 0 Å². The fourth-order valence-corrected chi connectivity index (χ4v) is 4.57. The van der Waals surface area contributed by atoms with Crippen LogP contribution in [0.3, 0.4) is 0 Å². The smallest absolute Gasteiger partial charge is 0.0543 e. The van der Waals surface area contributed by atoms with Gasteiger partial charge in [-0.2, -0.15) is 0 Å². The molecule has 4 rings (SSSR count). The maximum absolute atomic E-state index is 3.30. The standard InChI is InChI=1S/C25H22N2S2/c1-19-18-21(14-17-25(19)29-23-10-6-3-7-11-23)27-26-20-12-15-24(16-13-20)28-22-8-4-2-5-9-22/h2-18,26-27H,1H3. The van der Waals surface area contributed by atoms with E-state index < -0.39 is 0 Å². The highest BCUT2D eigenvalue weighted by Crippen LogP contribution is 2.32. The number of nitrogens with one attached hydrogen (secondary N) is 2. The summed E-state index contributed by atoms with van der Waals surface area (Å²) in [5.41, 5.74) is 9.90. The minimum absolute atomic E-state index is 1.03. The predicted octanol–water partition coefficient (Wildman–Crippen LogP) is 7.74. The zero-order valence-corrected chi connectivity index (χ0v) is 17.8. The molecule has 0 aliphatic rings. The number of hydrogen-bond donors (Lipinski definition) is 2. The Kier molecular flexibility index (Phi) is 6.45. The van der Waals surface area contributed by atoms with E-state index in [1.165, 1.54) is 25.1 Å². The summed E-state index contributed by atoms with van der Waals surface area (Å²) < 4.78 is 0. The highest BCUT2D eigenvalue weighted by Gasteiger charge is 2.03. The van der Waals surface area contributed by atoms with E-state index in [2.05, 4.69) is 109 Å². The van der Waals surface area contributed by atoms with Crippen LogP contribution in [0.25, 0.3) is 0 Å². The van der Waals surface area contributed by atoms with Crippen molar-refractivity contribution >= 4 is 34.9 Å². The third kappa shape index (κ3) is 5.59. The lowest BCUT2D eigenvalue weighted by Gasteiger charge is -2.13. The lowest BCUT2D eigenvalue weighted by Crippen LogP contribution is -2.08. The molecule has 0 saturated heterocycles. The topological polar surface area (TPSA) is 24.1 Å². The van der Waals surface area contributed by atoms with Crippen molar-refractivity contribution in [2.75, 3.05) is 10.9 Å². The molecule has 0 heterocycles. The van der Waals surface area contributed by atoms with Crippen LogP contribution >= 0.6 is 23.5 Å². The van der Waals surface area contributed by atoms with Crippen molar-refractivity contribution in [3.05, 3.63) is 109 Å². The van der Waals surface area contributed by atoms with Crippen LogP contribution in [0.2, 0.25) is 0 Å².